The molecular formula is C16H19F2N3O6. The second-order valence-electron chi connectivity index (χ2n) is 4.95. The van der Waals surface area contributed by atoms with Gasteiger partial charge in [0, 0.05) is 6.54 Å². The van der Waals surface area contributed by atoms with Crippen LogP contribution >= 0.6 is 0 Å². The molecule has 0 heterocycles. The number of para-hydroxylation sites is 1. The number of hydrogen-bond acceptors (Lipinski definition) is 6. The van der Waals surface area contributed by atoms with E-state index in [9.17, 15) is 28.0 Å². The lowest BCUT2D eigenvalue weighted by atomic mass is 10.2. The monoisotopic (exact) mass is 387 g/mol. The Balaban J connectivity index is 2.39. The van der Waals surface area contributed by atoms with Crippen molar-refractivity contribution < 1.29 is 37.4 Å². The summed E-state index contributed by atoms with van der Waals surface area (Å²) in [7, 11) is 0. The van der Waals surface area contributed by atoms with Gasteiger partial charge in [-0.05, 0) is 19.1 Å². The van der Waals surface area contributed by atoms with Gasteiger partial charge in [-0.15, -0.1) is 0 Å². The molecule has 0 aliphatic heterocycles. The zero-order valence-electron chi connectivity index (χ0n) is 14.4. The summed E-state index contributed by atoms with van der Waals surface area (Å²) in [5.41, 5.74) is -0.190. The molecule has 0 bridgehead atoms. The Hall–Kier alpha value is -3.24. The van der Waals surface area contributed by atoms with Crippen LogP contribution in [0.4, 0.5) is 8.78 Å². The van der Waals surface area contributed by atoms with Gasteiger partial charge in [0.2, 0.25) is 5.91 Å². The summed E-state index contributed by atoms with van der Waals surface area (Å²) >= 11 is 0. The smallest absolute Gasteiger partial charge is 0.387 e. The number of likely N-dealkylation sites (N-methyl/N-ethyl adjacent to an activating group) is 1. The molecule has 11 heteroatoms. The molecule has 1 aromatic carbocycles. The predicted octanol–water partition coefficient (Wildman–Crippen LogP) is -0.187. The van der Waals surface area contributed by atoms with E-state index in [0.717, 1.165) is 0 Å². The van der Waals surface area contributed by atoms with Crippen LogP contribution < -0.4 is 20.7 Å². The summed E-state index contributed by atoms with van der Waals surface area (Å²) in [6.45, 7) is -2.48. The Morgan fingerprint density at radius 1 is 1.00 bits per heavy atom. The van der Waals surface area contributed by atoms with E-state index < -0.39 is 43.5 Å². The minimum absolute atomic E-state index is 0.190. The Bertz CT molecular complexity index is 684. The SMILES string of the molecule is CCNC(=O)CNC(=O)COC(=O)CNC(=O)c1ccccc1OC(F)F. The van der Waals surface area contributed by atoms with Gasteiger partial charge in [0.1, 0.15) is 12.3 Å². The molecule has 1 aromatic rings. The number of benzene rings is 1. The normalized spacial score (nSPS) is 10.1. The molecular weight excluding hydrogens is 368 g/mol. The maximum atomic E-state index is 12.3. The van der Waals surface area contributed by atoms with Crippen LogP contribution in [-0.2, 0) is 19.1 Å². The number of esters is 1. The fraction of sp³-hybridized carbons (Fsp3) is 0.375. The lowest BCUT2D eigenvalue weighted by Gasteiger charge is -2.11. The Morgan fingerprint density at radius 2 is 1.70 bits per heavy atom. The molecule has 0 saturated heterocycles. The zero-order chi connectivity index (χ0) is 20.2. The van der Waals surface area contributed by atoms with Gasteiger partial charge in [-0.25, -0.2) is 0 Å². The van der Waals surface area contributed by atoms with Crippen molar-refractivity contribution in [3.8, 4) is 5.75 Å². The summed E-state index contributed by atoms with van der Waals surface area (Å²) in [5.74, 6) is -3.19. The van der Waals surface area contributed by atoms with Crippen molar-refractivity contribution in [2.45, 2.75) is 13.5 Å². The largest absolute Gasteiger partial charge is 0.454 e. The molecule has 0 spiro atoms. The zero-order valence-corrected chi connectivity index (χ0v) is 14.4. The molecule has 0 aliphatic rings. The number of alkyl halides is 2. The molecule has 0 fully saturated rings. The Labute approximate surface area is 153 Å². The molecule has 148 valence electrons. The summed E-state index contributed by atoms with van der Waals surface area (Å²) in [6.07, 6.45) is 0. The number of carbonyl (C=O) groups is 4. The molecule has 1 rings (SSSR count). The maximum Gasteiger partial charge on any atom is 0.387 e. The van der Waals surface area contributed by atoms with Gasteiger partial charge in [-0.2, -0.15) is 8.78 Å². The van der Waals surface area contributed by atoms with E-state index in [-0.39, 0.29) is 17.9 Å². The fourth-order valence-corrected chi connectivity index (χ4v) is 1.79. The number of rotatable bonds is 10. The highest BCUT2D eigenvalue weighted by atomic mass is 19.3. The number of amides is 3. The number of ether oxygens (including phenoxy) is 2. The van der Waals surface area contributed by atoms with Crippen LogP contribution in [0.5, 0.6) is 5.75 Å². The quantitative estimate of drug-likeness (QED) is 0.479. The maximum absolute atomic E-state index is 12.3. The highest BCUT2D eigenvalue weighted by molar-refractivity contribution is 5.98. The lowest BCUT2D eigenvalue weighted by Crippen LogP contribution is -2.39. The van der Waals surface area contributed by atoms with Gasteiger partial charge in [-0.3, -0.25) is 19.2 Å². The molecule has 0 unspecified atom stereocenters. The van der Waals surface area contributed by atoms with Crippen LogP contribution in [0.1, 0.15) is 17.3 Å². The van der Waals surface area contributed by atoms with Crippen LogP contribution in [0.2, 0.25) is 0 Å². The molecule has 0 saturated carbocycles. The molecule has 3 amide bonds. The Morgan fingerprint density at radius 3 is 2.37 bits per heavy atom. The minimum Gasteiger partial charge on any atom is -0.454 e. The van der Waals surface area contributed by atoms with Crippen molar-refractivity contribution in [2.24, 2.45) is 0 Å². The third-order valence-corrected chi connectivity index (χ3v) is 2.93. The number of hydrogen-bond donors (Lipinski definition) is 3. The average molecular weight is 387 g/mol. The first-order chi connectivity index (χ1) is 12.8. The molecule has 27 heavy (non-hydrogen) atoms. The average Bonchev–Trinajstić information content (AvgIpc) is 2.63. The fourth-order valence-electron chi connectivity index (χ4n) is 1.79. The van der Waals surface area contributed by atoms with Crippen LogP contribution in [0, 0.1) is 0 Å². The van der Waals surface area contributed by atoms with Gasteiger partial charge in [-0.1, -0.05) is 12.1 Å². The van der Waals surface area contributed by atoms with E-state index >= 15 is 0 Å². The first-order valence-corrected chi connectivity index (χ1v) is 7.84. The first kappa shape index (κ1) is 21.8. The highest BCUT2D eigenvalue weighted by Crippen LogP contribution is 2.19. The molecule has 0 aliphatic carbocycles. The molecule has 9 nitrogen and oxygen atoms in total. The summed E-state index contributed by atoms with van der Waals surface area (Å²) in [5, 5.41) is 6.87. The molecule has 0 radical (unpaired) electrons. The minimum atomic E-state index is -3.11. The van der Waals surface area contributed by atoms with Gasteiger partial charge in [0.25, 0.3) is 11.8 Å². The second-order valence-corrected chi connectivity index (χ2v) is 4.95. The Kier molecular flexibility index (Phi) is 9.20. The predicted molar refractivity (Wildman–Crippen MR) is 88.1 cm³/mol. The highest BCUT2D eigenvalue weighted by Gasteiger charge is 2.16. The number of carbonyl (C=O) groups excluding carboxylic acids is 4. The van der Waals surface area contributed by atoms with E-state index in [2.05, 4.69) is 25.4 Å². The van der Waals surface area contributed by atoms with Crippen molar-refractivity contribution in [3.63, 3.8) is 0 Å². The molecule has 3 N–H and O–H groups in total. The van der Waals surface area contributed by atoms with Crippen molar-refractivity contribution in [1.29, 1.82) is 0 Å². The third kappa shape index (κ3) is 8.61. The molecule has 0 aromatic heterocycles. The van der Waals surface area contributed by atoms with Crippen molar-refractivity contribution in [3.05, 3.63) is 29.8 Å². The van der Waals surface area contributed by atoms with Crippen LogP contribution in [0.15, 0.2) is 24.3 Å². The van der Waals surface area contributed by atoms with Crippen molar-refractivity contribution in [1.82, 2.24) is 16.0 Å². The van der Waals surface area contributed by atoms with Crippen LogP contribution in [-0.4, -0.2) is 56.5 Å². The number of halogens is 2. The van der Waals surface area contributed by atoms with E-state index in [1.54, 1.807) is 6.92 Å². The van der Waals surface area contributed by atoms with E-state index in [0.29, 0.717) is 6.54 Å². The van der Waals surface area contributed by atoms with E-state index in [1.807, 2.05) is 0 Å². The lowest BCUT2D eigenvalue weighted by molar-refractivity contribution is -0.147. The standard InChI is InChI=1S/C16H19F2N3O6/c1-2-19-12(22)7-20-13(23)9-26-14(24)8-21-15(25)10-5-3-4-6-11(10)27-16(17)18/h3-6,16H,2,7-9H2,1H3,(H,19,22)(H,20,23)(H,21,25). The van der Waals surface area contributed by atoms with E-state index in [4.69, 9.17) is 0 Å². The topological polar surface area (TPSA) is 123 Å². The third-order valence-electron chi connectivity index (χ3n) is 2.93. The summed E-state index contributed by atoms with van der Waals surface area (Å²) < 4.78 is 33.5. The molecule has 0 atom stereocenters. The second kappa shape index (κ2) is 11.4. The van der Waals surface area contributed by atoms with E-state index in [1.165, 1.54) is 24.3 Å². The first-order valence-electron chi connectivity index (χ1n) is 7.84. The number of nitrogens with one attached hydrogen (secondary N) is 3. The van der Waals surface area contributed by atoms with Gasteiger partial charge < -0.3 is 25.4 Å². The van der Waals surface area contributed by atoms with Crippen molar-refractivity contribution in [2.75, 3.05) is 26.2 Å². The summed E-state index contributed by atoms with van der Waals surface area (Å²) in [4.78, 5) is 46.1. The van der Waals surface area contributed by atoms with Crippen LogP contribution in [0.25, 0.3) is 0 Å². The van der Waals surface area contributed by atoms with Gasteiger partial charge in [0.05, 0.1) is 12.1 Å². The van der Waals surface area contributed by atoms with Crippen molar-refractivity contribution >= 4 is 23.7 Å². The van der Waals surface area contributed by atoms with Gasteiger partial charge in [0.15, 0.2) is 6.61 Å². The summed E-state index contributed by atoms with van der Waals surface area (Å²) in [6, 6.07) is 5.26. The van der Waals surface area contributed by atoms with Gasteiger partial charge >= 0.3 is 12.6 Å². The van der Waals surface area contributed by atoms with Crippen LogP contribution in [0.3, 0.4) is 0 Å².